The van der Waals surface area contributed by atoms with Gasteiger partial charge in [0.1, 0.15) is 0 Å². The van der Waals surface area contributed by atoms with Crippen molar-refractivity contribution < 1.29 is 0 Å². The lowest BCUT2D eigenvalue weighted by Crippen LogP contribution is -2.02. The number of hydrogen-bond donors (Lipinski definition) is 1. The van der Waals surface area contributed by atoms with Crippen LogP contribution in [0.1, 0.15) is 16.8 Å². The number of anilines is 1. The molecule has 0 aliphatic rings. The molecule has 0 saturated carbocycles. The van der Waals surface area contributed by atoms with Crippen LogP contribution in [0.5, 0.6) is 0 Å². The number of pyridine rings is 1. The van der Waals surface area contributed by atoms with Gasteiger partial charge in [0.25, 0.3) is 0 Å². The lowest BCUT2D eigenvalue weighted by molar-refractivity contribution is 1.13. The lowest BCUT2D eigenvalue weighted by atomic mass is 10.1. The summed E-state index contributed by atoms with van der Waals surface area (Å²) in [5.41, 5.74) is 5.74. The summed E-state index contributed by atoms with van der Waals surface area (Å²) in [4.78, 5) is 4.58. The fourth-order valence-electron chi connectivity index (χ4n) is 2.58. The van der Waals surface area contributed by atoms with Crippen LogP contribution in [0.4, 0.5) is 5.69 Å². The van der Waals surface area contributed by atoms with Crippen LogP contribution in [0.15, 0.2) is 53.0 Å². The van der Waals surface area contributed by atoms with Gasteiger partial charge >= 0.3 is 0 Å². The topological polar surface area (TPSA) is 24.9 Å². The van der Waals surface area contributed by atoms with Gasteiger partial charge in [-0.05, 0) is 55.3 Å². The van der Waals surface area contributed by atoms with Crippen molar-refractivity contribution in [3.8, 4) is 0 Å². The minimum absolute atomic E-state index is 0.791. The predicted molar refractivity (Wildman–Crippen MR) is 92.7 cm³/mol. The number of halogens is 1. The number of rotatable bonds is 3. The molecule has 0 radical (unpaired) electrons. The van der Waals surface area contributed by atoms with Crippen molar-refractivity contribution in [2.75, 3.05) is 5.32 Å². The smallest absolute Gasteiger partial charge is 0.0708 e. The van der Waals surface area contributed by atoms with Crippen LogP contribution in [0, 0.1) is 13.8 Å². The second-order valence-electron chi connectivity index (χ2n) is 5.31. The maximum absolute atomic E-state index is 4.58. The van der Waals surface area contributed by atoms with Gasteiger partial charge < -0.3 is 5.32 Å². The van der Waals surface area contributed by atoms with E-state index < -0.39 is 0 Å². The molecule has 2 nitrogen and oxygen atoms in total. The van der Waals surface area contributed by atoms with Gasteiger partial charge in [-0.2, -0.15) is 0 Å². The zero-order valence-corrected chi connectivity index (χ0v) is 13.7. The third-order valence-electron chi connectivity index (χ3n) is 3.46. The summed E-state index contributed by atoms with van der Waals surface area (Å²) in [6, 6.07) is 16.8. The standard InChI is InChI=1S/C18H17BrN2/c1-12-7-15(19)10-16(8-12)20-11-14-9-13(2)21-18-6-4-3-5-17(14)18/h3-10,20H,11H2,1-2H3. The van der Waals surface area contributed by atoms with Crippen LogP contribution in [0.25, 0.3) is 10.9 Å². The average Bonchev–Trinajstić information content (AvgIpc) is 2.43. The number of aryl methyl sites for hydroxylation is 2. The van der Waals surface area contributed by atoms with Gasteiger partial charge in [-0.15, -0.1) is 0 Å². The van der Waals surface area contributed by atoms with Gasteiger partial charge in [0.05, 0.1) is 5.52 Å². The monoisotopic (exact) mass is 340 g/mol. The summed E-state index contributed by atoms with van der Waals surface area (Å²) in [6.45, 7) is 4.93. The fourth-order valence-corrected chi connectivity index (χ4v) is 3.18. The third-order valence-corrected chi connectivity index (χ3v) is 3.91. The van der Waals surface area contributed by atoms with Crippen LogP contribution < -0.4 is 5.32 Å². The summed E-state index contributed by atoms with van der Waals surface area (Å²) in [7, 11) is 0. The van der Waals surface area contributed by atoms with Crippen LogP contribution in [0.3, 0.4) is 0 Å². The Hall–Kier alpha value is -1.87. The van der Waals surface area contributed by atoms with E-state index in [4.69, 9.17) is 0 Å². The van der Waals surface area contributed by atoms with Gasteiger partial charge in [-0.25, -0.2) is 0 Å². The highest BCUT2D eigenvalue weighted by atomic mass is 79.9. The Labute approximate surface area is 133 Å². The molecule has 1 heterocycles. The minimum Gasteiger partial charge on any atom is -0.381 e. The molecular formula is C18H17BrN2. The molecule has 2 aromatic carbocycles. The highest BCUT2D eigenvalue weighted by molar-refractivity contribution is 9.10. The molecule has 3 rings (SSSR count). The van der Waals surface area contributed by atoms with Crippen LogP contribution in [-0.2, 0) is 6.54 Å². The Balaban J connectivity index is 1.91. The Morgan fingerprint density at radius 2 is 1.86 bits per heavy atom. The van der Waals surface area contributed by atoms with Crippen molar-refractivity contribution >= 4 is 32.5 Å². The molecule has 21 heavy (non-hydrogen) atoms. The van der Waals surface area contributed by atoms with Gasteiger partial charge in [-0.3, -0.25) is 4.98 Å². The number of nitrogens with one attached hydrogen (secondary N) is 1. The van der Waals surface area contributed by atoms with E-state index in [9.17, 15) is 0 Å². The summed E-state index contributed by atoms with van der Waals surface area (Å²) >= 11 is 3.54. The molecule has 0 spiro atoms. The Morgan fingerprint density at radius 3 is 2.67 bits per heavy atom. The molecule has 3 heteroatoms. The maximum Gasteiger partial charge on any atom is 0.0708 e. The van der Waals surface area contributed by atoms with Crippen LogP contribution in [-0.4, -0.2) is 4.98 Å². The summed E-state index contributed by atoms with van der Waals surface area (Å²) < 4.78 is 1.10. The first-order valence-corrected chi connectivity index (χ1v) is 7.77. The summed E-state index contributed by atoms with van der Waals surface area (Å²) in [6.07, 6.45) is 0. The Kier molecular flexibility index (Phi) is 3.93. The van der Waals surface area contributed by atoms with Crippen LogP contribution >= 0.6 is 15.9 Å². The lowest BCUT2D eigenvalue weighted by Gasteiger charge is -2.11. The number of para-hydroxylation sites is 1. The minimum atomic E-state index is 0.791. The van der Waals surface area contributed by atoms with Gasteiger partial charge in [0, 0.05) is 27.8 Å². The summed E-state index contributed by atoms with van der Waals surface area (Å²) in [5.74, 6) is 0. The molecule has 0 unspecified atom stereocenters. The second-order valence-corrected chi connectivity index (χ2v) is 6.23. The van der Waals surface area contributed by atoms with E-state index >= 15 is 0 Å². The molecule has 0 fully saturated rings. The van der Waals surface area contributed by atoms with Crippen LogP contribution in [0.2, 0.25) is 0 Å². The molecule has 1 aromatic heterocycles. The molecular weight excluding hydrogens is 324 g/mol. The second kappa shape index (κ2) is 5.86. The number of hydrogen-bond acceptors (Lipinski definition) is 2. The molecule has 0 bridgehead atoms. The maximum atomic E-state index is 4.58. The predicted octanol–water partition coefficient (Wildman–Crippen LogP) is 5.23. The van der Waals surface area contributed by atoms with Gasteiger partial charge in [-0.1, -0.05) is 34.1 Å². The van der Waals surface area contributed by atoms with Crippen molar-refractivity contribution in [3.05, 3.63) is 69.8 Å². The van der Waals surface area contributed by atoms with E-state index in [2.05, 4.69) is 75.6 Å². The first kappa shape index (κ1) is 14.1. The number of aromatic nitrogens is 1. The van der Waals surface area contributed by atoms with E-state index in [-0.39, 0.29) is 0 Å². The average molecular weight is 341 g/mol. The van der Waals surface area contributed by atoms with Gasteiger partial charge in [0.2, 0.25) is 0 Å². The molecule has 0 saturated heterocycles. The van der Waals surface area contributed by atoms with Crippen molar-refractivity contribution in [1.82, 2.24) is 4.98 Å². The SMILES string of the molecule is Cc1cc(Br)cc(NCc2cc(C)nc3ccccc23)c1. The highest BCUT2D eigenvalue weighted by Gasteiger charge is 2.04. The normalized spacial score (nSPS) is 10.8. The largest absolute Gasteiger partial charge is 0.381 e. The number of fused-ring (bicyclic) bond motifs is 1. The van der Waals surface area contributed by atoms with Crippen molar-refractivity contribution in [1.29, 1.82) is 0 Å². The van der Waals surface area contributed by atoms with Crippen molar-refractivity contribution in [3.63, 3.8) is 0 Å². The van der Waals surface area contributed by atoms with E-state index in [0.717, 1.165) is 27.9 Å². The molecule has 0 atom stereocenters. The Bertz CT molecular complexity index is 776. The number of benzene rings is 2. The van der Waals surface area contributed by atoms with Crippen molar-refractivity contribution in [2.24, 2.45) is 0 Å². The van der Waals surface area contributed by atoms with E-state index in [1.807, 2.05) is 13.0 Å². The molecule has 0 aliphatic heterocycles. The first-order chi connectivity index (χ1) is 10.1. The zero-order valence-electron chi connectivity index (χ0n) is 12.2. The first-order valence-electron chi connectivity index (χ1n) is 6.98. The molecule has 1 N–H and O–H groups in total. The Morgan fingerprint density at radius 1 is 1.05 bits per heavy atom. The zero-order chi connectivity index (χ0) is 14.8. The molecule has 0 amide bonds. The van der Waals surface area contributed by atoms with E-state index in [1.165, 1.54) is 16.5 Å². The van der Waals surface area contributed by atoms with Crippen molar-refractivity contribution in [2.45, 2.75) is 20.4 Å². The number of nitrogens with zero attached hydrogens (tertiary/aromatic N) is 1. The fraction of sp³-hybridized carbons (Fsp3) is 0.167. The van der Waals surface area contributed by atoms with E-state index in [0.29, 0.717) is 0 Å². The highest BCUT2D eigenvalue weighted by Crippen LogP contribution is 2.22. The van der Waals surface area contributed by atoms with Gasteiger partial charge in [0.15, 0.2) is 0 Å². The third kappa shape index (κ3) is 3.24. The summed E-state index contributed by atoms with van der Waals surface area (Å²) in [5, 5.41) is 4.71. The quantitative estimate of drug-likeness (QED) is 0.706. The van der Waals surface area contributed by atoms with E-state index in [1.54, 1.807) is 0 Å². The molecule has 106 valence electrons. The molecule has 0 aliphatic carbocycles. The molecule has 3 aromatic rings.